The summed E-state index contributed by atoms with van der Waals surface area (Å²) in [7, 11) is 3.09. The Morgan fingerprint density at radius 2 is 1.50 bits per heavy atom. The maximum absolute atomic E-state index is 12.7. The molecule has 2 aromatic rings. The molecule has 24 heavy (non-hydrogen) atoms. The van der Waals surface area contributed by atoms with Crippen molar-refractivity contribution >= 4 is 19.4 Å². The van der Waals surface area contributed by atoms with Crippen LogP contribution in [0.4, 0.5) is 0 Å². The molecule has 0 spiro atoms. The molecule has 0 radical (unpaired) electrons. The minimum atomic E-state index is -0.0168. The van der Waals surface area contributed by atoms with Crippen LogP contribution in [0.2, 0.25) is 0 Å². The third-order valence-corrected chi connectivity index (χ3v) is 4.24. The van der Waals surface area contributed by atoms with Gasteiger partial charge >= 0.3 is 18.9 Å². The molecule has 4 nitrogen and oxygen atoms in total. The third kappa shape index (κ3) is 5.28. The van der Waals surface area contributed by atoms with Crippen LogP contribution < -0.4 is 38.4 Å². The second-order valence-corrected chi connectivity index (χ2v) is 6.46. The van der Waals surface area contributed by atoms with Crippen LogP contribution >= 0.6 is 8.58 Å². The molecule has 122 valence electrons. The monoisotopic (exact) mass is 339 g/mol. The summed E-state index contributed by atoms with van der Waals surface area (Å²) in [6.45, 7) is 3.96. The number of methoxy groups -OCH3 is 2. The fraction of sp³-hybridized carbons (Fsp3) is 0.278. The number of benzene rings is 2. The Bertz CT molecular complexity index is 649. The fourth-order valence-corrected chi connectivity index (χ4v) is 3.12. The summed E-state index contributed by atoms with van der Waals surface area (Å²) in [6.07, 6.45) is 0.128. The SMILES string of the molecule is COc1cccc(OC)c1C(=O)Pc1ccc(OC(C)C)cc1.[Li+]. The van der Waals surface area contributed by atoms with Gasteiger partial charge in [-0.05, 0) is 52.0 Å². The Balaban J connectivity index is 0.00000288. The van der Waals surface area contributed by atoms with Crippen molar-refractivity contribution in [2.75, 3.05) is 14.2 Å². The van der Waals surface area contributed by atoms with E-state index in [9.17, 15) is 4.79 Å². The van der Waals surface area contributed by atoms with Gasteiger partial charge in [0.25, 0.3) is 0 Å². The first-order chi connectivity index (χ1) is 11.0. The van der Waals surface area contributed by atoms with Gasteiger partial charge in [0, 0.05) is 0 Å². The number of carbonyl (C=O) groups excluding carboxylic acids is 1. The summed E-state index contributed by atoms with van der Waals surface area (Å²) in [5, 5.41) is 0.944. The molecular formula is C18H21LiO4P+. The van der Waals surface area contributed by atoms with Gasteiger partial charge in [-0.2, -0.15) is 0 Å². The van der Waals surface area contributed by atoms with Gasteiger partial charge in [-0.3, -0.25) is 4.79 Å². The van der Waals surface area contributed by atoms with Crippen molar-refractivity contribution in [3.8, 4) is 17.2 Å². The van der Waals surface area contributed by atoms with Crippen LogP contribution in [0.5, 0.6) is 17.2 Å². The molecule has 0 amide bonds. The zero-order valence-electron chi connectivity index (χ0n) is 14.8. The van der Waals surface area contributed by atoms with Crippen molar-refractivity contribution in [1.82, 2.24) is 0 Å². The van der Waals surface area contributed by atoms with Crippen molar-refractivity contribution in [2.45, 2.75) is 20.0 Å². The van der Waals surface area contributed by atoms with Gasteiger partial charge in [0.15, 0.2) is 5.52 Å². The smallest absolute Gasteiger partial charge is 0.496 e. The molecule has 1 unspecified atom stereocenters. The molecule has 2 aromatic carbocycles. The number of hydrogen-bond donors (Lipinski definition) is 0. The average Bonchev–Trinajstić information content (AvgIpc) is 2.55. The molecule has 0 aliphatic heterocycles. The van der Waals surface area contributed by atoms with Crippen molar-refractivity contribution < 1.29 is 37.9 Å². The average molecular weight is 339 g/mol. The van der Waals surface area contributed by atoms with Crippen LogP contribution in [0.25, 0.3) is 0 Å². The number of ether oxygens (including phenoxy) is 3. The minimum Gasteiger partial charge on any atom is -0.496 e. The Morgan fingerprint density at radius 1 is 0.958 bits per heavy atom. The van der Waals surface area contributed by atoms with E-state index in [2.05, 4.69) is 0 Å². The summed E-state index contributed by atoms with van der Waals surface area (Å²) < 4.78 is 16.2. The van der Waals surface area contributed by atoms with E-state index in [-0.39, 0.29) is 39.1 Å². The van der Waals surface area contributed by atoms with Gasteiger partial charge in [0.2, 0.25) is 0 Å². The molecule has 0 heterocycles. The molecule has 6 heteroatoms. The van der Waals surface area contributed by atoms with Crippen LogP contribution in [-0.4, -0.2) is 25.8 Å². The molecule has 0 aromatic heterocycles. The van der Waals surface area contributed by atoms with Crippen LogP contribution in [-0.2, 0) is 0 Å². The molecular weight excluding hydrogens is 318 g/mol. The summed E-state index contributed by atoms with van der Waals surface area (Å²) >= 11 is 0. The van der Waals surface area contributed by atoms with Gasteiger partial charge in [-0.15, -0.1) is 0 Å². The zero-order valence-corrected chi connectivity index (χ0v) is 15.8. The Hall–Kier alpha value is -1.46. The molecule has 0 saturated carbocycles. The van der Waals surface area contributed by atoms with Crippen molar-refractivity contribution in [1.29, 1.82) is 0 Å². The maximum Gasteiger partial charge on any atom is 1.00 e. The topological polar surface area (TPSA) is 44.8 Å². The molecule has 2 rings (SSSR count). The van der Waals surface area contributed by atoms with E-state index in [1.807, 2.05) is 38.1 Å². The summed E-state index contributed by atoms with van der Waals surface area (Å²) in [6, 6.07) is 12.9. The Labute approximate surface area is 156 Å². The van der Waals surface area contributed by atoms with Crippen LogP contribution in [0.1, 0.15) is 24.2 Å². The molecule has 0 aliphatic carbocycles. The van der Waals surface area contributed by atoms with Gasteiger partial charge in [0.05, 0.1) is 20.3 Å². The number of rotatable bonds is 7. The first-order valence-electron chi connectivity index (χ1n) is 7.34. The summed E-state index contributed by atoms with van der Waals surface area (Å²) in [4.78, 5) is 12.7. The van der Waals surface area contributed by atoms with Gasteiger partial charge < -0.3 is 14.2 Å². The standard InChI is InChI=1S/C18H21O4P.Li/c1-12(2)22-13-8-10-14(11-9-13)23-18(19)17-15(20-3)6-5-7-16(17)21-4;/h5-12,23H,1-4H3;/q;+1. The molecule has 0 saturated heterocycles. The van der Waals surface area contributed by atoms with Crippen molar-refractivity contribution in [2.24, 2.45) is 0 Å². The molecule has 0 bridgehead atoms. The first kappa shape index (κ1) is 20.6. The molecule has 0 aliphatic rings. The predicted octanol–water partition coefficient (Wildman–Crippen LogP) is 0.639. The van der Waals surface area contributed by atoms with E-state index in [1.54, 1.807) is 32.4 Å². The van der Waals surface area contributed by atoms with E-state index in [1.165, 1.54) is 0 Å². The van der Waals surface area contributed by atoms with Crippen LogP contribution in [0.3, 0.4) is 0 Å². The van der Waals surface area contributed by atoms with Crippen LogP contribution in [0.15, 0.2) is 42.5 Å². The van der Waals surface area contributed by atoms with Gasteiger partial charge in [0.1, 0.15) is 22.8 Å². The zero-order chi connectivity index (χ0) is 16.8. The summed E-state index contributed by atoms with van der Waals surface area (Å²) in [5.74, 6) is 1.86. The summed E-state index contributed by atoms with van der Waals surface area (Å²) in [5.41, 5.74) is 0.468. The van der Waals surface area contributed by atoms with E-state index in [0.29, 0.717) is 17.1 Å². The Morgan fingerprint density at radius 3 is 1.96 bits per heavy atom. The Kier molecular flexibility index (Phi) is 8.35. The van der Waals surface area contributed by atoms with E-state index < -0.39 is 0 Å². The minimum absolute atomic E-state index is 0. The van der Waals surface area contributed by atoms with Crippen molar-refractivity contribution in [3.05, 3.63) is 48.0 Å². The first-order valence-corrected chi connectivity index (χ1v) is 8.34. The van der Waals surface area contributed by atoms with Gasteiger partial charge in [-0.25, -0.2) is 0 Å². The second kappa shape index (κ2) is 9.74. The van der Waals surface area contributed by atoms with E-state index in [0.717, 1.165) is 11.1 Å². The quantitative estimate of drug-likeness (QED) is 0.549. The third-order valence-electron chi connectivity index (χ3n) is 3.14. The van der Waals surface area contributed by atoms with Gasteiger partial charge in [-0.1, -0.05) is 18.2 Å². The maximum atomic E-state index is 12.7. The predicted molar refractivity (Wildman–Crippen MR) is 94.0 cm³/mol. The molecule has 0 fully saturated rings. The van der Waals surface area contributed by atoms with Crippen molar-refractivity contribution in [3.63, 3.8) is 0 Å². The number of hydrogen-bond acceptors (Lipinski definition) is 4. The molecule has 0 N–H and O–H groups in total. The largest absolute Gasteiger partial charge is 1.00 e. The van der Waals surface area contributed by atoms with E-state index >= 15 is 0 Å². The normalized spacial score (nSPS) is 10.5. The number of carbonyl (C=O) groups is 1. The van der Waals surface area contributed by atoms with E-state index in [4.69, 9.17) is 14.2 Å². The second-order valence-electron chi connectivity index (χ2n) is 5.18. The molecule has 1 atom stereocenters. The van der Waals surface area contributed by atoms with Crippen LogP contribution in [0, 0.1) is 0 Å². The fourth-order valence-electron chi connectivity index (χ4n) is 2.16.